The maximum atomic E-state index is 5.58. The molecule has 0 spiro atoms. The fourth-order valence-corrected chi connectivity index (χ4v) is 2.09. The number of imidazole rings is 1. The number of nitrogens with two attached hydrogens (primary N) is 1. The molecule has 1 aromatic rings. The zero-order valence-electron chi connectivity index (χ0n) is 7.43. The third kappa shape index (κ3) is 1.19. The van der Waals surface area contributed by atoms with Gasteiger partial charge in [0.2, 0.25) is 0 Å². The van der Waals surface area contributed by atoms with Crippen LogP contribution < -0.4 is 5.73 Å². The molecule has 3 heteroatoms. The van der Waals surface area contributed by atoms with Crippen LogP contribution in [0.5, 0.6) is 0 Å². The smallest absolute Gasteiger partial charge is 0.197 e. The van der Waals surface area contributed by atoms with E-state index < -0.39 is 0 Å². The Labute approximate surface area is 72.4 Å². The highest BCUT2D eigenvalue weighted by Gasteiger charge is 2.21. The summed E-state index contributed by atoms with van der Waals surface area (Å²) in [5.74, 6) is 1.23. The predicted octanol–water partition coefficient (Wildman–Crippen LogP) is 1.96. The van der Waals surface area contributed by atoms with Crippen LogP contribution in [0.2, 0.25) is 0 Å². The van der Waals surface area contributed by atoms with Gasteiger partial charge < -0.3 is 10.7 Å². The first-order valence-electron chi connectivity index (χ1n) is 4.59. The van der Waals surface area contributed by atoms with Gasteiger partial charge in [-0.1, -0.05) is 12.8 Å². The van der Waals surface area contributed by atoms with Crippen LogP contribution in [0.25, 0.3) is 0 Å². The molecule has 0 bridgehead atoms. The van der Waals surface area contributed by atoms with E-state index in [1.165, 1.54) is 31.4 Å². The molecule has 0 aromatic carbocycles. The van der Waals surface area contributed by atoms with E-state index in [4.69, 9.17) is 5.73 Å². The molecule has 0 unspecified atom stereocenters. The highest BCUT2D eigenvalue weighted by Crippen LogP contribution is 2.34. The first-order valence-corrected chi connectivity index (χ1v) is 4.59. The Morgan fingerprint density at radius 3 is 2.58 bits per heavy atom. The van der Waals surface area contributed by atoms with Crippen molar-refractivity contribution in [3.63, 3.8) is 0 Å². The zero-order valence-corrected chi connectivity index (χ0v) is 7.43. The van der Waals surface area contributed by atoms with Crippen molar-refractivity contribution in [2.45, 2.75) is 38.5 Å². The topological polar surface area (TPSA) is 54.7 Å². The molecular weight excluding hydrogens is 150 g/mol. The van der Waals surface area contributed by atoms with E-state index in [0.717, 1.165) is 5.69 Å². The van der Waals surface area contributed by atoms with Crippen molar-refractivity contribution in [2.75, 3.05) is 5.73 Å². The summed E-state index contributed by atoms with van der Waals surface area (Å²) >= 11 is 0. The molecule has 3 nitrogen and oxygen atoms in total. The van der Waals surface area contributed by atoms with Gasteiger partial charge in [-0.3, -0.25) is 0 Å². The Bertz CT molecular complexity index is 271. The first-order chi connectivity index (χ1) is 5.77. The molecule has 1 aliphatic carbocycles. The summed E-state index contributed by atoms with van der Waals surface area (Å²) in [6.45, 7) is 2.05. The maximum absolute atomic E-state index is 5.58. The van der Waals surface area contributed by atoms with E-state index in [2.05, 4.69) is 16.9 Å². The largest absolute Gasteiger partial charge is 0.369 e. The zero-order chi connectivity index (χ0) is 8.55. The highest BCUT2D eigenvalue weighted by atomic mass is 15.0. The molecule has 1 aliphatic rings. The summed E-state index contributed by atoms with van der Waals surface area (Å²) < 4.78 is 0. The van der Waals surface area contributed by atoms with E-state index in [0.29, 0.717) is 11.9 Å². The third-order valence-electron chi connectivity index (χ3n) is 2.68. The molecule has 1 saturated carbocycles. The lowest BCUT2D eigenvalue weighted by Gasteiger charge is -2.04. The first kappa shape index (κ1) is 7.65. The minimum atomic E-state index is 0.564. The number of aromatic nitrogens is 2. The molecule has 1 heterocycles. The lowest BCUT2D eigenvalue weighted by Crippen LogP contribution is -1.95. The second-order valence-corrected chi connectivity index (χ2v) is 3.61. The number of nitrogen functional groups attached to an aromatic ring is 1. The standard InChI is InChI=1S/C9H15N3/c1-6-8(12-9(10)11-6)7-4-2-3-5-7/h7H,2-5H2,1H3,(H3,10,11,12). The van der Waals surface area contributed by atoms with Crippen LogP contribution in [0.4, 0.5) is 5.95 Å². The SMILES string of the molecule is Cc1[nH]c(N)nc1C1CCCC1. The third-order valence-corrected chi connectivity index (χ3v) is 2.68. The van der Waals surface area contributed by atoms with E-state index in [1.54, 1.807) is 0 Å². The van der Waals surface area contributed by atoms with Crippen molar-refractivity contribution in [1.29, 1.82) is 0 Å². The summed E-state index contributed by atoms with van der Waals surface area (Å²) in [5, 5.41) is 0. The molecule has 1 aromatic heterocycles. The van der Waals surface area contributed by atoms with E-state index in [9.17, 15) is 0 Å². The number of anilines is 1. The minimum Gasteiger partial charge on any atom is -0.369 e. The Morgan fingerprint density at radius 2 is 2.08 bits per heavy atom. The molecule has 0 aliphatic heterocycles. The number of hydrogen-bond donors (Lipinski definition) is 2. The van der Waals surface area contributed by atoms with E-state index in [-0.39, 0.29) is 0 Å². The predicted molar refractivity (Wildman–Crippen MR) is 48.9 cm³/mol. The van der Waals surface area contributed by atoms with Crippen molar-refractivity contribution < 1.29 is 0 Å². The van der Waals surface area contributed by atoms with Gasteiger partial charge in [0.15, 0.2) is 5.95 Å². The summed E-state index contributed by atoms with van der Waals surface area (Å²) in [6, 6.07) is 0. The Kier molecular flexibility index (Phi) is 1.79. The monoisotopic (exact) mass is 165 g/mol. The molecule has 12 heavy (non-hydrogen) atoms. The van der Waals surface area contributed by atoms with Crippen molar-refractivity contribution in [3.8, 4) is 0 Å². The number of aryl methyl sites for hydroxylation is 1. The average molecular weight is 165 g/mol. The Balaban J connectivity index is 2.25. The Hall–Kier alpha value is -0.990. The summed E-state index contributed by atoms with van der Waals surface area (Å²) in [5.41, 5.74) is 7.93. The van der Waals surface area contributed by atoms with Crippen molar-refractivity contribution >= 4 is 5.95 Å². The van der Waals surface area contributed by atoms with Crippen LogP contribution in [0.3, 0.4) is 0 Å². The average Bonchev–Trinajstić information content (AvgIpc) is 2.58. The number of aromatic amines is 1. The van der Waals surface area contributed by atoms with E-state index in [1.807, 2.05) is 0 Å². The van der Waals surface area contributed by atoms with Crippen LogP contribution in [-0.4, -0.2) is 9.97 Å². The van der Waals surface area contributed by atoms with Crippen LogP contribution in [0.15, 0.2) is 0 Å². The van der Waals surface area contributed by atoms with Gasteiger partial charge >= 0.3 is 0 Å². The molecular formula is C9H15N3. The number of nitrogens with zero attached hydrogens (tertiary/aromatic N) is 1. The van der Waals surface area contributed by atoms with Gasteiger partial charge in [-0.25, -0.2) is 4.98 Å². The number of hydrogen-bond acceptors (Lipinski definition) is 2. The summed E-state index contributed by atoms with van der Waals surface area (Å²) in [6.07, 6.45) is 5.25. The van der Waals surface area contributed by atoms with Gasteiger partial charge in [-0.15, -0.1) is 0 Å². The van der Waals surface area contributed by atoms with E-state index >= 15 is 0 Å². The fourth-order valence-electron chi connectivity index (χ4n) is 2.09. The Morgan fingerprint density at radius 1 is 1.42 bits per heavy atom. The number of H-pyrrole nitrogens is 1. The molecule has 3 N–H and O–H groups in total. The van der Waals surface area contributed by atoms with Crippen molar-refractivity contribution in [1.82, 2.24) is 9.97 Å². The minimum absolute atomic E-state index is 0.564. The summed E-state index contributed by atoms with van der Waals surface area (Å²) in [4.78, 5) is 7.37. The van der Waals surface area contributed by atoms with Crippen LogP contribution in [0, 0.1) is 6.92 Å². The number of rotatable bonds is 1. The molecule has 0 amide bonds. The molecule has 66 valence electrons. The molecule has 0 atom stereocenters. The van der Waals surface area contributed by atoms with Crippen molar-refractivity contribution in [3.05, 3.63) is 11.4 Å². The molecule has 1 fully saturated rings. The molecule has 0 saturated heterocycles. The van der Waals surface area contributed by atoms with Gasteiger partial charge in [0.25, 0.3) is 0 Å². The van der Waals surface area contributed by atoms with Crippen LogP contribution >= 0.6 is 0 Å². The summed E-state index contributed by atoms with van der Waals surface area (Å²) in [7, 11) is 0. The van der Waals surface area contributed by atoms with Gasteiger partial charge in [0.05, 0.1) is 5.69 Å². The lowest BCUT2D eigenvalue weighted by molar-refractivity contribution is 0.697. The normalized spacial score (nSPS) is 18.8. The van der Waals surface area contributed by atoms with Gasteiger partial charge in [-0.2, -0.15) is 0 Å². The molecule has 0 radical (unpaired) electrons. The van der Waals surface area contributed by atoms with Crippen LogP contribution in [-0.2, 0) is 0 Å². The maximum Gasteiger partial charge on any atom is 0.197 e. The number of nitrogens with one attached hydrogen (secondary N) is 1. The van der Waals surface area contributed by atoms with Crippen molar-refractivity contribution in [2.24, 2.45) is 0 Å². The van der Waals surface area contributed by atoms with Gasteiger partial charge in [0, 0.05) is 11.6 Å². The molecule has 2 rings (SSSR count). The fraction of sp³-hybridized carbons (Fsp3) is 0.667. The highest BCUT2D eigenvalue weighted by molar-refractivity contribution is 5.28. The van der Waals surface area contributed by atoms with Gasteiger partial charge in [-0.05, 0) is 19.8 Å². The second-order valence-electron chi connectivity index (χ2n) is 3.61. The quantitative estimate of drug-likeness (QED) is 0.668. The van der Waals surface area contributed by atoms with Gasteiger partial charge in [0.1, 0.15) is 0 Å². The van der Waals surface area contributed by atoms with Crippen LogP contribution in [0.1, 0.15) is 43.0 Å². The lowest BCUT2D eigenvalue weighted by atomic mass is 10.0. The second kappa shape index (κ2) is 2.81.